The topological polar surface area (TPSA) is 21.3 Å². The molecule has 0 heterocycles. The van der Waals surface area contributed by atoms with E-state index in [4.69, 9.17) is 16.3 Å². The number of halogens is 1. The number of anilines is 1. The Kier molecular flexibility index (Phi) is 4.60. The lowest BCUT2D eigenvalue weighted by molar-refractivity contribution is 0.415. The lowest BCUT2D eigenvalue weighted by Gasteiger charge is -2.08. The summed E-state index contributed by atoms with van der Waals surface area (Å²) < 4.78 is 5.07. The Morgan fingerprint density at radius 2 is 2.21 bits per heavy atom. The van der Waals surface area contributed by atoms with Crippen molar-refractivity contribution in [3.8, 4) is 5.75 Å². The third-order valence-corrected chi connectivity index (χ3v) is 2.31. The first-order valence-corrected chi connectivity index (χ1v) is 5.23. The van der Waals surface area contributed by atoms with Gasteiger partial charge in [0.1, 0.15) is 5.75 Å². The summed E-state index contributed by atoms with van der Waals surface area (Å²) in [7, 11) is 1.62. The number of methoxy groups -OCH3 is 1. The molecule has 3 heteroatoms. The predicted octanol–water partition coefficient (Wildman–Crippen LogP) is 3.56. The van der Waals surface area contributed by atoms with Gasteiger partial charge < -0.3 is 10.1 Å². The van der Waals surface area contributed by atoms with Crippen LogP contribution in [0.3, 0.4) is 0 Å². The summed E-state index contributed by atoms with van der Waals surface area (Å²) in [5.41, 5.74) is 1.05. The number of hydrogen-bond acceptors (Lipinski definition) is 2. The van der Waals surface area contributed by atoms with Crippen LogP contribution < -0.4 is 10.1 Å². The molecule has 14 heavy (non-hydrogen) atoms. The zero-order chi connectivity index (χ0) is 10.4. The molecule has 2 nitrogen and oxygen atoms in total. The SMILES string of the molecule is CCCCNc1ccc(OC)c(Cl)c1. The summed E-state index contributed by atoms with van der Waals surface area (Å²) in [5.74, 6) is 0.715. The Labute approximate surface area is 90.2 Å². The summed E-state index contributed by atoms with van der Waals surface area (Å²) in [6, 6.07) is 5.73. The average molecular weight is 214 g/mol. The highest BCUT2D eigenvalue weighted by molar-refractivity contribution is 6.32. The molecule has 78 valence electrons. The number of ether oxygens (including phenoxy) is 1. The van der Waals surface area contributed by atoms with Crippen LogP contribution in [-0.4, -0.2) is 13.7 Å². The maximum atomic E-state index is 5.98. The molecule has 1 N–H and O–H groups in total. The maximum absolute atomic E-state index is 5.98. The fourth-order valence-corrected chi connectivity index (χ4v) is 1.44. The van der Waals surface area contributed by atoms with Gasteiger partial charge >= 0.3 is 0 Å². The molecule has 0 aliphatic heterocycles. The first-order valence-electron chi connectivity index (χ1n) is 4.85. The quantitative estimate of drug-likeness (QED) is 0.756. The number of unbranched alkanes of at least 4 members (excludes halogenated alkanes) is 1. The summed E-state index contributed by atoms with van der Waals surface area (Å²) in [6.07, 6.45) is 2.36. The molecular formula is C11H16ClNO. The van der Waals surface area contributed by atoms with Crippen LogP contribution in [0.5, 0.6) is 5.75 Å². The van der Waals surface area contributed by atoms with Crippen molar-refractivity contribution in [3.63, 3.8) is 0 Å². The second-order valence-corrected chi connectivity index (χ2v) is 3.54. The van der Waals surface area contributed by atoms with Crippen molar-refractivity contribution in [1.29, 1.82) is 0 Å². The van der Waals surface area contributed by atoms with Gasteiger partial charge in [-0.2, -0.15) is 0 Å². The Balaban J connectivity index is 2.57. The molecule has 0 aliphatic carbocycles. The number of hydrogen-bond donors (Lipinski definition) is 1. The normalized spacial score (nSPS) is 9.93. The van der Waals surface area contributed by atoms with E-state index in [1.807, 2.05) is 18.2 Å². The summed E-state index contributed by atoms with van der Waals surface area (Å²) in [6.45, 7) is 3.15. The smallest absolute Gasteiger partial charge is 0.137 e. The highest BCUT2D eigenvalue weighted by Gasteiger charge is 2.00. The van der Waals surface area contributed by atoms with Crippen molar-refractivity contribution >= 4 is 17.3 Å². The first kappa shape index (κ1) is 11.2. The van der Waals surface area contributed by atoms with E-state index < -0.39 is 0 Å². The van der Waals surface area contributed by atoms with Crippen molar-refractivity contribution in [2.24, 2.45) is 0 Å². The Morgan fingerprint density at radius 1 is 1.43 bits per heavy atom. The number of nitrogens with one attached hydrogen (secondary N) is 1. The summed E-state index contributed by atoms with van der Waals surface area (Å²) >= 11 is 5.98. The molecular weight excluding hydrogens is 198 g/mol. The van der Waals surface area contributed by atoms with Crippen molar-refractivity contribution in [1.82, 2.24) is 0 Å². The highest BCUT2D eigenvalue weighted by Crippen LogP contribution is 2.27. The van der Waals surface area contributed by atoms with Crippen LogP contribution in [0.4, 0.5) is 5.69 Å². The van der Waals surface area contributed by atoms with Crippen LogP contribution >= 0.6 is 11.6 Å². The zero-order valence-corrected chi connectivity index (χ0v) is 9.40. The molecule has 1 rings (SSSR count). The zero-order valence-electron chi connectivity index (χ0n) is 8.64. The predicted molar refractivity (Wildman–Crippen MR) is 61.4 cm³/mol. The van der Waals surface area contributed by atoms with Gasteiger partial charge in [-0.3, -0.25) is 0 Å². The third-order valence-electron chi connectivity index (χ3n) is 2.01. The van der Waals surface area contributed by atoms with Crippen LogP contribution in [0.15, 0.2) is 18.2 Å². The molecule has 1 aromatic rings. The van der Waals surface area contributed by atoms with Crippen LogP contribution in [0.2, 0.25) is 5.02 Å². The number of benzene rings is 1. The van der Waals surface area contributed by atoms with Crippen LogP contribution in [0.1, 0.15) is 19.8 Å². The lowest BCUT2D eigenvalue weighted by Crippen LogP contribution is -2.00. The summed E-state index contributed by atoms with van der Waals surface area (Å²) in [4.78, 5) is 0. The van der Waals surface area contributed by atoms with Gasteiger partial charge in [0.2, 0.25) is 0 Å². The van der Waals surface area contributed by atoms with Crippen molar-refractivity contribution in [2.45, 2.75) is 19.8 Å². The molecule has 1 aromatic carbocycles. The third kappa shape index (κ3) is 3.11. The van der Waals surface area contributed by atoms with E-state index in [1.165, 1.54) is 12.8 Å². The highest BCUT2D eigenvalue weighted by atomic mass is 35.5. The molecule has 0 fully saturated rings. The van der Waals surface area contributed by atoms with E-state index >= 15 is 0 Å². The van der Waals surface area contributed by atoms with Crippen LogP contribution in [0.25, 0.3) is 0 Å². The van der Waals surface area contributed by atoms with Crippen molar-refractivity contribution in [2.75, 3.05) is 19.0 Å². The van der Waals surface area contributed by atoms with E-state index in [0.29, 0.717) is 10.8 Å². The lowest BCUT2D eigenvalue weighted by atomic mass is 10.3. The van der Waals surface area contributed by atoms with Gasteiger partial charge in [-0.05, 0) is 24.6 Å². The Bertz CT molecular complexity index is 289. The molecule has 0 aliphatic rings. The average Bonchev–Trinajstić information content (AvgIpc) is 2.18. The molecule has 0 unspecified atom stereocenters. The Hall–Kier alpha value is -0.890. The monoisotopic (exact) mass is 213 g/mol. The minimum absolute atomic E-state index is 0.647. The molecule has 0 saturated heterocycles. The standard InChI is InChI=1S/C11H16ClNO/c1-3-4-7-13-9-5-6-11(14-2)10(12)8-9/h5-6,8,13H,3-4,7H2,1-2H3. The summed E-state index contributed by atoms with van der Waals surface area (Å²) in [5, 5.41) is 3.94. The fraction of sp³-hybridized carbons (Fsp3) is 0.455. The minimum Gasteiger partial charge on any atom is -0.495 e. The van der Waals surface area contributed by atoms with Crippen molar-refractivity contribution < 1.29 is 4.74 Å². The molecule has 0 radical (unpaired) electrons. The van der Waals surface area contributed by atoms with E-state index in [2.05, 4.69) is 12.2 Å². The van der Waals surface area contributed by atoms with Crippen LogP contribution in [-0.2, 0) is 0 Å². The largest absolute Gasteiger partial charge is 0.495 e. The Morgan fingerprint density at radius 3 is 2.79 bits per heavy atom. The van der Waals surface area contributed by atoms with E-state index in [1.54, 1.807) is 7.11 Å². The second-order valence-electron chi connectivity index (χ2n) is 3.13. The van der Waals surface area contributed by atoms with Gasteiger partial charge in [0, 0.05) is 12.2 Å². The van der Waals surface area contributed by atoms with E-state index in [0.717, 1.165) is 12.2 Å². The van der Waals surface area contributed by atoms with Gasteiger partial charge in [0.15, 0.2) is 0 Å². The molecule has 0 saturated carbocycles. The number of rotatable bonds is 5. The van der Waals surface area contributed by atoms with Gasteiger partial charge in [0.25, 0.3) is 0 Å². The van der Waals surface area contributed by atoms with Crippen LogP contribution in [0, 0.1) is 0 Å². The van der Waals surface area contributed by atoms with Gasteiger partial charge in [-0.1, -0.05) is 24.9 Å². The van der Waals surface area contributed by atoms with E-state index in [9.17, 15) is 0 Å². The van der Waals surface area contributed by atoms with E-state index in [-0.39, 0.29) is 0 Å². The molecule has 0 bridgehead atoms. The fourth-order valence-electron chi connectivity index (χ4n) is 1.19. The first-order chi connectivity index (χ1) is 6.77. The molecule has 0 atom stereocenters. The van der Waals surface area contributed by atoms with Crippen molar-refractivity contribution in [3.05, 3.63) is 23.2 Å². The molecule has 0 amide bonds. The molecule has 0 aromatic heterocycles. The van der Waals surface area contributed by atoms with Gasteiger partial charge in [-0.25, -0.2) is 0 Å². The second kappa shape index (κ2) is 5.76. The van der Waals surface area contributed by atoms with Gasteiger partial charge in [0.05, 0.1) is 12.1 Å². The maximum Gasteiger partial charge on any atom is 0.137 e. The van der Waals surface area contributed by atoms with Gasteiger partial charge in [-0.15, -0.1) is 0 Å². The molecule has 0 spiro atoms. The minimum atomic E-state index is 0.647.